The van der Waals surface area contributed by atoms with Crippen LogP contribution in [-0.2, 0) is 6.42 Å². The van der Waals surface area contributed by atoms with Crippen molar-refractivity contribution in [3.05, 3.63) is 11.4 Å². The van der Waals surface area contributed by atoms with Crippen LogP contribution < -0.4 is 10.6 Å². The molecule has 1 aliphatic carbocycles. The van der Waals surface area contributed by atoms with E-state index >= 15 is 0 Å². The third-order valence-electron chi connectivity index (χ3n) is 4.00. The van der Waals surface area contributed by atoms with Crippen LogP contribution >= 0.6 is 0 Å². The fraction of sp³-hybridized carbons (Fsp3) is 0.733. The van der Waals surface area contributed by atoms with E-state index in [9.17, 15) is 5.11 Å². The second-order valence-corrected chi connectivity index (χ2v) is 5.49. The molecule has 0 aliphatic heterocycles. The number of rotatable bonds is 6. The van der Waals surface area contributed by atoms with Gasteiger partial charge >= 0.3 is 0 Å². The molecule has 2 atom stereocenters. The van der Waals surface area contributed by atoms with Gasteiger partial charge in [-0.15, -0.1) is 0 Å². The average Bonchev–Trinajstić information content (AvgIpc) is 2.85. The van der Waals surface area contributed by atoms with Crippen LogP contribution in [0, 0.1) is 12.8 Å². The number of nitrogens with zero attached hydrogens (tertiary/aromatic N) is 2. The Balaban J connectivity index is 2.11. The third-order valence-corrected chi connectivity index (χ3v) is 4.00. The van der Waals surface area contributed by atoms with Crippen molar-refractivity contribution in [2.75, 3.05) is 23.7 Å². The van der Waals surface area contributed by atoms with Crippen molar-refractivity contribution in [2.24, 2.45) is 5.92 Å². The molecular weight excluding hydrogens is 252 g/mol. The van der Waals surface area contributed by atoms with Gasteiger partial charge in [0.05, 0.1) is 6.10 Å². The van der Waals surface area contributed by atoms with E-state index in [0.29, 0.717) is 5.92 Å². The summed E-state index contributed by atoms with van der Waals surface area (Å²) < 4.78 is 0. The number of aromatic nitrogens is 2. The van der Waals surface area contributed by atoms with Crippen molar-refractivity contribution < 1.29 is 5.11 Å². The fourth-order valence-corrected chi connectivity index (χ4v) is 2.72. The Labute approximate surface area is 121 Å². The van der Waals surface area contributed by atoms with Crippen molar-refractivity contribution in [1.29, 1.82) is 0 Å². The van der Waals surface area contributed by atoms with Crippen LogP contribution in [0.2, 0.25) is 0 Å². The normalized spacial score (nSPS) is 22.0. The molecule has 0 radical (unpaired) electrons. The summed E-state index contributed by atoms with van der Waals surface area (Å²) in [6.07, 6.45) is 3.80. The van der Waals surface area contributed by atoms with E-state index in [-0.39, 0.29) is 6.10 Å². The van der Waals surface area contributed by atoms with Crippen LogP contribution in [0.1, 0.15) is 44.5 Å². The molecular formula is C15H26N4O. The topological polar surface area (TPSA) is 70.1 Å². The van der Waals surface area contributed by atoms with Gasteiger partial charge in [-0.1, -0.05) is 13.3 Å². The number of anilines is 2. The molecule has 1 saturated carbocycles. The lowest BCUT2D eigenvalue weighted by molar-refractivity contribution is 0.138. The molecule has 1 aliphatic rings. The summed E-state index contributed by atoms with van der Waals surface area (Å²) >= 11 is 0. The van der Waals surface area contributed by atoms with Crippen molar-refractivity contribution >= 4 is 11.6 Å². The summed E-state index contributed by atoms with van der Waals surface area (Å²) in [7, 11) is 0. The van der Waals surface area contributed by atoms with Crippen LogP contribution in [0.15, 0.2) is 0 Å². The lowest BCUT2D eigenvalue weighted by atomic mass is 10.1. The first-order valence-electron chi connectivity index (χ1n) is 7.69. The second kappa shape index (κ2) is 6.88. The zero-order chi connectivity index (χ0) is 14.5. The molecule has 3 N–H and O–H groups in total. The Morgan fingerprint density at radius 1 is 1.15 bits per heavy atom. The largest absolute Gasteiger partial charge is 0.393 e. The maximum Gasteiger partial charge on any atom is 0.134 e. The Hall–Kier alpha value is -1.36. The van der Waals surface area contributed by atoms with Gasteiger partial charge < -0.3 is 15.7 Å². The summed E-state index contributed by atoms with van der Waals surface area (Å²) in [5.74, 6) is 3.00. The van der Waals surface area contributed by atoms with Crippen molar-refractivity contribution in [3.8, 4) is 0 Å². The van der Waals surface area contributed by atoms with Gasteiger partial charge in [-0.2, -0.15) is 0 Å². The van der Waals surface area contributed by atoms with Gasteiger partial charge in [0.1, 0.15) is 17.5 Å². The Bertz CT molecular complexity index is 450. The lowest BCUT2D eigenvalue weighted by Gasteiger charge is -2.18. The molecule has 1 aromatic heterocycles. The maximum absolute atomic E-state index is 9.89. The van der Waals surface area contributed by atoms with Crippen LogP contribution in [0.4, 0.5) is 11.6 Å². The minimum Gasteiger partial charge on any atom is -0.393 e. The molecule has 5 nitrogen and oxygen atoms in total. The molecule has 20 heavy (non-hydrogen) atoms. The predicted octanol–water partition coefficient (Wildman–Crippen LogP) is 2.35. The van der Waals surface area contributed by atoms with Crippen LogP contribution in [-0.4, -0.2) is 34.3 Å². The standard InChI is InChI=1S/C15H26N4O/c1-4-13-18-14(16-5-2)10(3)15(19-13)17-9-11-7-6-8-12(11)20/h11-12,20H,4-9H2,1-3H3,(H2,16,17,18,19). The third kappa shape index (κ3) is 3.39. The zero-order valence-corrected chi connectivity index (χ0v) is 12.7. The molecule has 1 heterocycles. The number of nitrogens with one attached hydrogen (secondary N) is 2. The van der Waals surface area contributed by atoms with Crippen LogP contribution in [0.5, 0.6) is 0 Å². The highest BCUT2D eigenvalue weighted by molar-refractivity contribution is 5.57. The molecule has 2 rings (SSSR count). The second-order valence-electron chi connectivity index (χ2n) is 5.49. The number of aliphatic hydroxyl groups excluding tert-OH is 1. The molecule has 1 fully saturated rings. The van der Waals surface area contributed by atoms with Gasteiger partial charge in [-0.3, -0.25) is 0 Å². The van der Waals surface area contributed by atoms with Gasteiger partial charge in [0.25, 0.3) is 0 Å². The molecule has 0 amide bonds. The molecule has 0 bridgehead atoms. The van der Waals surface area contributed by atoms with Gasteiger partial charge in [0.15, 0.2) is 0 Å². The predicted molar refractivity (Wildman–Crippen MR) is 82.1 cm³/mol. The SMILES string of the molecule is CCNc1nc(CC)nc(NCC2CCCC2O)c1C. The highest BCUT2D eigenvalue weighted by Gasteiger charge is 2.25. The van der Waals surface area contributed by atoms with E-state index < -0.39 is 0 Å². The molecule has 1 aromatic rings. The van der Waals surface area contributed by atoms with E-state index in [1.807, 2.05) is 6.92 Å². The van der Waals surface area contributed by atoms with E-state index in [1.165, 1.54) is 0 Å². The Morgan fingerprint density at radius 2 is 1.85 bits per heavy atom. The molecule has 2 unspecified atom stereocenters. The summed E-state index contributed by atoms with van der Waals surface area (Å²) in [4.78, 5) is 9.10. The number of hydrogen-bond donors (Lipinski definition) is 3. The summed E-state index contributed by atoms with van der Waals surface area (Å²) in [6.45, 7) is 7.79. The summed E-state index contributed by atoms with van der Waals surface area (Å²) in [6, 6.07) is 0. The first-order chi connectivity index (χ1) is 9.65. The van der Waals surface area contributed by atoms with Gasteiger partial charge in [-0.05, 0) is 26.7 Å². The fourth-order valence-electron chi connectivity index (χ4n) is 2.72. The summed E-state index contributed by atoms with van der Waals surface area (Å²) in [5, 5.41) is 16.6. The van der Waals surface area contributed by atoms with Crippen molar-refractivity contribution in [2.45, 2.75) is 52.6 Å². The van der Waals surface area contributed by atoms with E-state index in [1.54, 1.807) is 0 Å². The highest BCUT2D eigenvalue weighted by Crippen LogP contribution is 2.27. The molecule has 0 saturated heterocycles. The highest BCUT2D eigenvalue weighted by atomic mass is 16.3. The van der Waals surface area contributed by atoms with Gasteiger partial charge in [-0.25, -0.2) is 9.97 Å². The van der Waals surface area contributed by atoms with E-state index in [0.717, 1.165) is 61.8 Å². The molecule has 112 valence electrons. The average molecular weight is 278 g/mol. The van der Waals surface area contributed by atoms with Crippen LogP contribution in [0.25, 0.3) is 0 Å². The molecule has 0 aromatic carbocycles. The van der Waals surface area contributed by atoms with Gasteiger partial charge in [0, 0.05) is 31.0 Å². The van der Waals surface area contributed by atoms with Crippen molar-refractivity contribution in [1.82, 2.24) is 9.97 Å². The Kier molecular flexibility index (Phi) is 5.17. The number of hydrogen-bond acceptors (Lipinski definition) is 5. The lowest BCUT2D eigenvalue weighted by Crippen LogP contribution is -2.23. The quantitative estimate of drug-likeness (QED) is 0.745. The first kappa shape index (κ1) is 15.0. The smallest absolute Gasteiger partial charge is 0.134 e. The van der Waals surface area contributed by atoms with E-state index in [4.69, 9.17) is 0 Å². The Morgan fingerprint density at radius 3 is 2.40 bits per heavy atom. The monoisotopic (exact) mass is 278 g/mol. The zero-order valence-electron chi connectivity index (χ0n) is 12.7. The summed E-state index contributed by atoms with van der Waals surface area (Å²) in [5.41, 5.74) is 1.05. The first-order valence-corrected chi connectivity index (χ1v) is 7.69. The number of aryl methyl sites for hydroxylation is 1. The van der Waals surface area contributed by atoms with Crippen LogP contribution in [0.3, 0.4) is 0 Å². The number of aliphatic hydroxyl groups is 1. The maximum atomic E-state index is 9.89. The minimum absolute atomic E-state index is 0.163. The molecule has 5 heteroatoms. The molecule has 0 spiro atoms. The van der Waals surface area contributed by atoms with E-state index in [2.05, 4.69) is 34.4 Å². The van der Waals surface area contributed by atoms with Crippen molar-refractivity contribution in [3.63, 3.8) is 0 Å². The minimum atomic E-state index is -0.163. The van der Waals surface area contributed by atoms with Gasteiger partial charge in [0.2, 0.25) is 0 Å².